The van der Waals surface area contributed by atoms with Crippen molar-refractivity contribution in [3.8, 4) is 17.0 Å². The number of benzene rings is 2. The predicted molar refractivity (Wildman–Crippen MR) is 100 cm³/mol. The van der Waals surface area contributed by atoms with Gasteiger partial charge >= 0.3 is 6.36 Å². The van der Waals surface area contributed by atoms with Gasteiger partial charge in [-0.15, -0.1) is 13.2 Å². The lowest BCUT2D eigenvalue weighted by Gasteiger charge is -2.10. The van der Waals surface area contributed by atoms with Gasteiger partial charge in [-0.05, 0) is 48.5 Å². The second-order valence-electron chi connectivity index (χ2n) is 5.82. The molecule has 0 saturated carbocycles. The number of rotatable bonds is 4. The number of hydrogen-bond acceptors (Lipinski definition) is 5. The fraction of sp³-hybridized carbons (Fsp3) is 0.0526. The Hall–Kier alpha value is -3.20. The van der Waals surface area contributed by atoms with Crippen LogP contribution in [0.15, 0.2) is 77.0 Å². The Morgan fingerprint density at radius 2 is 1.71 bits per heavy atom. The number of halogens is 3. The SMILES string of the molecule is Nc1ccc(Sc2nc(-c3ccc(OC(F)(F)F)cc3)cc3nccn23)cc1. The largest absolute Gasteiger partial charge is 0.573 e. The molecule has 0 atom stereocenters. The van der Waals surface area contributed by atoms with Gasteiger partial charge in [0.2, 0.25) is 0 Å². The van der Waals surface area contributed by atoms with E-state index in [1.807, 2.05) is 16.5 Å². The fourth-order valence-electron chi connectivity index (χ4n) is 2.58. The van der Waals surface area contributed by atoms with Gasteiger partial charge in [0.05, 0.1) is 5.69 Å². The first-order chi connectivity index (χ1) is 13.4. The zero-order valence-corrected chi connectivity index (χ0v) is 15.0. The summed E-state index contributed by atoms with van der Waals surface area (Å²) in [5.41, 5.74) is 8.31. The molecular formula is C19H13F3N4OS. The molecule has 2 aromatic heterocycles. The number of imidazole rings is 1. The van der Waals surface area contributed by atoms with Crippen LogP contribution in [0.3, 0.4) is 0 Å². The molecule has 4 aromatic rings. The predicted octanol–water partition coefficient (Wildman–Crippen LogP) is 5.03. The van der Waals surface area contributed by atoms with Crippen LogP contribution < -0.4 is 10.5 Å². The average molecular weight is 402 g/mol. The van der Waals surface area contributed by atoms with Crippen LogP contribution in [0.2, 0.25) is 0 Å². The van der Waals surface area contributed by atoms with E-state index < -0.39 is 6.36 Å². The molecule has 0 fully saturated rings. The third kappa shape index (κ3) is 4.04. The lowest BCUT2D eigenvalue weighted by atomic mass is 10.1. The quantitative estimate of drug-likeness (QED) is 0.383. The van der Waals surface area contributed by atoms with Gasteiger partial charge in [-0.25, -0.2) is 9.97 Å². The van der Waals surface area contributed by atoms with Crippen LogP contribution in [0.25, 0.3) is 16.9 Å². The van der Waals surface area contributed by atoms with Crippen molar-refractivity contribution in [3.05, 3.63) is 67.0 Å². The lowest BCUT2D eigenvalue weighted by molar-refractivity contribution is -0.274. The molecular weight excluding hydrogens is 389 g/mol. The van der Waals surface area contributed by atoms with Crippen molar-refractivity contribution in [1.29, 1.82) is 0 Å². The number of ether oxygens (including phenoxy) is 1. The number of fused-ring (bicyclic) bond motifs is 1. The smallest absolute Gasteiger partial charge is 0.406 e. The van der Waals surface area contributed by atoms with E-state index in [4.69, 9.17) is 5.73 Å². The van der Waals surface area contributed by atoms with Gasteiger partial charge in [-0.1, -0.05) is 11.8 Å². The zero-order chi connectivity index (χ0) is 19.7. The summed E-state index contributed by atoms with van der Waals surface area (Å²) < 4.78 is 42.7. The van der Waals surface area contributed by atoms with Crippen molar-refractivity contribution in [3.63, 3.8) is 0 Å². The maximum atomic E-state index is 12.3. The molecule has 0 aliphatic carbocycles. The van der Waals surface area contributed by atoms with Crippen LogP contribution in [0.1, 0.15) is 0 Å². The van der Waals surface area contributed by atoms with E-state index in [1.165, 1.54) is 36.0 Å². The molecule has 0 amide bonds. The molecule has 0 aliphatic rings. The van der Waals surface area contributed by atoms with E-state index in [2.05, 4.69) is 14.7 Å². The van der Waals surface area contributed by atoms with E-state index in [9.17, 15) is 13.2 Å². The molecule has 9 heteroatoms. The molecule has 0 bridgehead atoms. The Bertz CT molecular complexity index is 1110. The Balaban J connectivity index is 1.69. The minimum atomic E-state index is -4.72. The molecule has 0 unspecified atom stereocenters. The summed E-state index contributed by atoms with van der Waals surface area (Å²) in [6.07, 6.45) is -1.27. The summed E-state index contributed by atoms with van der Waals surface area (Å²) in [6, 6.07) is 14.7. The highest BCUT2D eigenvalue weighted by molar-refractivity contribution is 7.99. The van der Waals surface area contributed by atoms with Crippen LogP contribution in [-0.2, 0) is 0 Å². The number of nitrogen functional groups attached to an aromatic ring is 1. The Morgan fingerprint density at radius 1 is 1.00 bits per heavy atom. The highest BCUT2D eigenvalue weighted by Crippen LogP contribution is 2.31. The van der Waals surface area contributed by atoms with E-state index in [0.717, 1.165) is 4.90 Å². The van der Waals surface area contributed by atoms with Gasteiger partial charge in [-0.3, -0.25) is 4.40 Å². The first kappa shape index (κ1) is 18.2. The minimum absolute atomic E-state index is 0.283. The third-order valence-corrected chi connectivity index (χ3v) is 4.81. The van der Waals surface area contributed by atoms with Crippen molar-refractivity contribution in [2.24, 2.45) is 0 Å². The van der Waals surface area contributed by atoms with Crippen LogP contribution in [-0.4, -0.2) is 20.7 Å². The van der Waals surface area contributed by atoms with Crippen molar-refractivity contribution in [1.82, 2.24) is 14.4 Å². The average Bonchev–Trinajstić information content (AvgIpc) is 3.12. The van der Waals surface area contributed by atoms with Gasteiger partial charge in [0.25, 0.3) is 0 Å². The van der Waals surface area contributed by atoms with Gasteiger partial charge in [0.1, 0.15) is 11.4 Å². The second-order valence-corrected chi connectivity index (χ2v) is 6.86. The van der Waals surface area contributed by atoms with Crippen molar-refractivity contribution in [2.75, 3.05) is 5.73 Å². The molecule has 2 aromatic carbocycles. The Labute approximate surface area is 162 Å². The number of anilines is 1. The van der Waals surface area contributed by atoms with Gasteiger partial charge in [0, 0.05) is 34.6 Å². The molecule has 142 valence electrons. The van der Waals surface area contributed by atoms with E-state index in [0.29, 0.717) is 27.7 Å². The molecule has 4 rings (SSSR count). The molecule has 5 nitrogen and oxygen atoms in total. The number of hydrogen-bond donors (Lipinski definition) is 1. The molecule has 0 aliphatic heterocycles. The first-order valence-electron chi connectivity index (χ1n) is 8.11. The normalized spacial score (nSPS) is 11.7. The van der Waals surface area contributed by atoms with Crippen molar-refractivity contribution in [2.45, 2.75) is 16.4 Å². The van der Waals surface area contributed by atoms with Gasteiger partial charge < -0.3 is 10.5 Å². The minimum Gasteiger partial charge on any atom is -0.406 e. The Kier molecular flexibility index (Phi) is 4.60. The number of nitrogens with zero attached hydrogens (tertiary/aromatic N) is 3. The molecule has 0 radical (unpaired) electrons. The van der Waals surface area contributed by atoms with Crippen molar-refractivity contribution < 1.29 is 17.9 Å². The topological polar surface area (TPSA) is 65.4 Å². The summed E-state index contributed by atoms with van der Waals surface area (Å²) in [4.78, 5) is 9.91. The molecule has 2 N–H and O–H groups in total. The highest BCUT2D eigenvalue weighted by Gasteiger charge is 2.31. The summed E-state index contributed by atoms with van der Waals surface area (Å²) in [6.45, 7) is 0. The summed E-state index contributed by atoms with van der Waals surface area (Å²) in [5.74, 6) is -0.283. The van der Waals surface area contributed by atoms with Crippen LogP contribution >= 0.6 is 11.8 Å². The van der Waals surface area contributed by atoms with Gasteiger partial charge in [0.15, 0.2) is 5.16 Å². The number of nitrogens with two attached hydrogens (primary N) is 1. The summed E-state index contributed by atoms with van der Waals surface area (Å²) in [5, 5.41) is 0.672. The Morgan fingerprint density at radius 3 is 2.39 bits per heavy atom. The monoisotopic (exact) mass is 402 g/mol. The molecule has 0 spiro atoms. The summed E-state index contributed by atoms with van der Waals surface area (Å²) >= 11 is 1.43. The summed E-state index contributed by atoms with van der Waals surface area (Å²) in [7, 11) is 0. The standard InChI is InChI=1S/C19H13F3N4OS/c20-19(21,22)27-14-5-1-12(2-6-14)16-11-17-24-9-10-26(17)18(25-16)28-15-7-3-13(23)4-8-15/h1-11H,23H2. The van der Waals surface area contributed by atoms with E-state index in [-0.39, 0.29) is 5.75 Å². The fourth-order valence-corrected chi connectivity index (χ4v) is 3.46. The van der Waals surface area contributed by atoms with Crippen LogP contribution in [0, 0.1) is 0 Å². The van der Waals surface area contributed by atoms with Crippen LogP contribution in [0.5, 0.6) is 5.75 Å². The number of aromatic nitrogens is 3. The lowest BCUT2D eigenvalue weighted by Crippen LogP contribution is -2.16. The van der Waals surface area contributed by atoms with E-state index >= 15 is 0 Å². The highest BCUT2D eigenvalue weighted by atomic mass is 32.2. The van der Waals surface area contributed by atoms with Crippen LogP contribution in [0.4, 0.5) is 18.9 Å². The third-order valence-electron chi connectivity index (χ3n) is 3.83. The second kappa shape index (κ2) is 7.08. The van der Waals surface area contributed by atoms with E-state index in [1.54, 1.807) is 30.6 Å². The van der Waals surface area contributed by atoms with Gasteiger partial charge in [-0.2, -0.15) is 0 Å². The van der Waals surface area contributed by atoms with Crippen molar-refractivity contribution >= 4 is 23.1 Å². The maximum Gasteiger partial charge on any atom is 0.573 e. The maximum absolute atomic E-state index is 12.3. The number of alkyl halides is 3. The first-order valence-corrected chi connectivity index (χ1v) is 8.93. The zero-order valence-electron chi connectivity index (χ0n) is 14.2. The molecule has 0 saturated heterocycles. The molecule has 2 heterocycles. The molecule has 28 heavy (non-hydrogen) atoms.